The van der Waals surface area contributed by atoms with Gasteiger partial charge in [-0.2, -0.15) is 0 Å². The minimum absolute atomic E-state index is 0.434. The van der Waals surface area contributed by atoms with Gasteiger partial charge in [0.15, 0.2) is 0 Å². The van der Waals surface area contributed by atoms with Crippen molar-refractivity contribution in [2.45, 2.75) is 0 Å². The maximum atomic E-state index is 5.99. The Morgan fingerprint density at radius 2 is 2.00 bits per heavy atom. The maximum Gasteiger partial charge on any atom is 0.138 e. The molecule has 0 saturated heterocycles. The van der Waals surface area contributed by atoms with E-state index >= 15 is 0 Å². The van der Waals surface area contributed by atoms with Crippen molar-refractivity contribution in [3.8, 4) is 0 Å². The average molecular weight is 277 g/mol. The summed E-state index contributed by atoms with van der Waals surface area (Å²) in [5.74, 6) is 0. The van der Waals surface area contributed by atoms with Crippen molar-refractivity contribution in [3.05, 3.63) is 39.0 Å². The molecule has 0 N–H and O–H groups in total. The van der Waals surface area contributed by atoms with E-state index in [0.717, 1.165) is 15.2 Å². The molecule has 66 valence electrons. The van der Waals surface area contributed by atoms with Crippen LogP contribution in [0.15, 0.2) is 28.9 Å². The minimum Gasteiger partial charge on any atom is -0.243 e. The molecule has 1 aromatic heterocycles. The van der Waals surface area contributed by atoms with Gasteiger partial charge in [0.2, 0.25) is 0 Å². The average Bonchev–Trinajstić information content (AvgIpc) is 2.12. The molecule has 13 heavy (non-hydrogen) atoms. The van der Waals surface area contributed by atoms with E-state index < -0.39 is 0 Å². The lowest BCUT2D eigenvalue weighted by Gasteiger charge is -2.03. The third-order valence-electron chi connectivity index (χ3n) is 1.77. The zero-order chi connectivity index (χ0) is 9.42. The molecular weight excluding hydrogens is 273 g/mol. The van der Waals surface area contributed by atoms with Crippen molar-refractivity contribution < 1.29 is 0 Å². The molecular formula is C9H4BrCl2N. The maximum absolute atomic E-state index is 5.99. The Morgan fingerprint density at radius 1 is 1.23 bits per heavy atom. The summed E-state index contributed by atoms with van der Waals surface area (Å²) in [6.07, 6.45) is 1.67. The van der Waals surface area contributed by atoms with Crippen LogP contribution in [0, 0.1) is 0 Å². The van der Waals surface area contributed by atoms with Crippen molar-refractivity contribution in [3.63, 3.8) is 0 Å². The van der Waals surface area contributed by atoms with E-state index in [1.165, 1.54) is 0 Å². The van der Waals surface area contributed by atoms with Crippen LogP contribution in [0.1, 0.15) is 0 Å². The van der Waals surface area contributed by atoms with Crippen LogP contribution in [0.3, 0.4) is 0 Å². The number of aromatic nitrogens is 1. The van der Waals surface area contributed by atoms with E-state index in [4.69, 9.17) is 23.2 Å². The van der Waals surface area contributed by atoms with Crippen molar-refractivity contribution in [2.24, 2.45) is 0 Å². The van der Waals surface area contributed by atoms with Gasteiger partial charge in [0.25, 0.3) is 0 Å². The summed E-state index contributed by atoms with van der Waals surface area (Å²) in [5.41, 5.74) is 0. The molecule has 1 nitrogen and oxygen atoms in total. The zero-order valence-electron chi connectivity index (χ0n) is 6.39. The van der Waals surface area contributed by atoms with E-state index in [9.17, 15) is 0 Å². The number of pyridine rings is 1. The Bertz CT molecular complexity index is 462. The molecule has 0 aliphatic heterocycles. The SMILES string of the molecule is Clc1cccc2c(Br)cnc(Cl)c12. The summed E-state index contributed by atoms with van der Waals surface area (Å²) in [6, 6.07) is 5.62. The topological polar surface area (TPSA) is 12.9 Å². The van der Waals surface area contributed by atoms with Crippen LogP contribution in [0.25, 0.3) is 10.8 Å². The molecule has 0 radical (unpaired) electrons. The lowest BCUT2D eigenvalue weighted by atomic mass is 10.2. The quantitative estimate of drug-likeness (QED) is 0.654. The largest absolute Gasteiger partial charge is 0.243 e. The van der Waals surface area contributed by atoms with Gasteiger partial charge in [-0.3, -0.25) is 0 Å². The van der Waals surface area contributed by atoms with Crippen LogP contribution >= 0.6 is 39.1 Å². The first-order valence-corrected chi connectivity index (χ1v) is 5.13. The lowest BCUT2D eigenvalue weighted by Crippen LogP contribution is -1.81. The van der Waals surface area contributed by atoms with Crippen molar-refractivity contribution in [2.75, 3.05) is 0 Å². The molecule has 0 fully saturated rings. The predicted octanol–water partition coefficient (Wildman–Crippen LogP) is 4.30. The normalized spacial score (nSPS) is 10.7. The van der Waals surface area contributed by atoms with Gasteiger partial charge >= 0.3 is 0 Å². The highest BCUT2D eigenvalue weighted by Gasteiger charge is 2.06. The molecule has 0 amide bonds. The summed E-state index contributed by atoms with van der Waals surface area (Å²) >= 11 is 15.3. The standard InChI is InChI=1S/C9H4BrCl2N/c10-6-4-13-9(12)8-5(6)2-1-3-7(8)11/h1-4H. The number of benzene rings is 1. The highest BCUT2D eigenvalue weighted by Crippen LogP contribution is 2.32. The Balaban J connectivity index is 3.00. The molecule has 0 bridgehead atoms. The van der Waals surface area contributed by atoms with Gasteiger partial charge < -0.3 is 0 Å². The summed E-state index contributed by atoms with van der Waals surface area (Å²) < 4.78 is 0.898. The molecule has 0 spiro atoms. The fourth-order valence-corrected chi connectivity index (χ4v) is 2.18. The summed E-state index contributed by atoms with van der Waals surface area (Å²) in [6.45, 7) is 0. The second-order valence-electron chi connectivity index (χ2n) is 2.56. The highest BCUT2D eigenvalue weighted by atomic mass is 79.9. The highest BCUT2D eigenvalue weighted by molar-refractivity contribution is 9.10. The molecule has 0 atom stereocenters. The second kappa shape index (κ2) is 3.45. The number of nitrogens with zero attached hydrogens (tertiary/aromatic N) is 1. The third-order valence-corrected chi connectivity index (χ3v) is 3.00. The molecule has 4 heteroatoms. The van der Waals surface area contributed by atoms with Crippen molar-refractivity contribution in [1.29, 1.82) is 0 Å². The smallest absolute Gasteiger partial charge is 0.138 e. The Morgan fingerprint density at radius 3 is 2.69 bits per heavy atom. The molecule has 0 saturated carbocycles. The number of hydrogen-bond donors (Lipinski definition) is 0. The number of hydrogen-bond acceptors (Lipinski definition) is 1. The molecule has 2 aromatic rings. The van der Waals surface area contributed by atoms with Crippen molar-refractivity contribution in [1.82, 2.24) is 4.98 Å². The first-order chi connectivity index (χ1) is 6.20. The Hall–Kier alpha value is -0.310. The number of fused-ring (bicyclic) bond motifs is 1. The van der Waals surface area contributed by atoms with Crippen LogP contribution in [0.2, 0.25) is 10.2 Å². The fourth-order valence-electron chi connectivity index (χ4n) is 1.18. The molecule has 1 heterocycles. The van der Waals surface area contributed by atoms with Crippen LogP contribution < -0.4 is 0 Å². The lowest BCUT2D eigenvalue weighted by molar-refractivity contribution is 1.35. The Labute approximate surface area is 93.8 Å². The van der Waals surface area contributed by atoms with E-state index in [0.29, 0.717) is 10.2 Å². The first-order valence-electron chi connectivity index (χ1n) is 3.58. The van der Waals surface area contributed by atoms with E-state index in [1.807, 2.05) is 12.1 Å². The molecule has 0 unspecified atom stereocenters. The summed E-state index contributed by atoms with van der Waals surface area (Å²) in [5, 5.41) is 2.83. The van der Waals surface area contributed by atoms with Crippen LogP contribution in [0.4, 0.5) is 0 Å². The van der Waals surface area contributed by atoms with E-state index in [2.05, 4.69) is 20.9 Å². The van der Waals surface area contributed by atoms with Crippen LogP contribution in [-0.2, 0) is 0 Å². The van der Waals surface area contributed by atoms with Gasteiger partial charge in [-0.1, -0.05) is 35.3 Å². The number of halogens is 3. The predicted molar refractivity (Wildman–Crippen MR) is 59.5 cm³/mol. The van der Waals surface area contributed by atoms with Gasteiger partial charge in [0, 0.05) is 21.4 Å². The van der Waals surface area contributed by atoms with Crippen LogP contribution in [-0.4, -0.2) is 4.98 Å². The summed E-state index contributed by atoms with van der Waals surface area (Å²) in [7, 11) is 0. The monoisotopic (exact) mass is 275 g/mol. The second-order valence-corrected chi connectivity index (χ2v) is 4.18. The molecule has 2 rings (SSSR count). The molecule has 1 aromatic carbocycles. The van der Waals surface area contributed by atoms with E-state index in [-0.39, 0.29) is 0 Å². The van der Waals surface area contributed by atoms with Crippen LogP contribution in [0.5, 0.6) is 0 Å². The minimum atomic E-state index is 0.434. The van der Waals surface area contributed by atoms with Gasteiger partial charge in [-0.05, 0) is 22.0 Å². The van der Waals surface area contributed by atoms with Gasteiger partial charge in [0.05, 0.1) is 5.02 Å². The van der Waals surface area contributed by atoms with Gasteiger partial charge in [-0.25, -0.2) is 4.98 Å². The number of rotatable bonds is 0. The molecule has 0 aliphatic carbocycles. The Kier molecular flexibility index (Phi) is 2.45. The zero-order valence-corrected chi connectivity index (χ0v) is 9.49. The van der Waals surface area contributed by atoms with Crippen molar-refractivity contribution >= 4 is 49.9 Å². The summed E-state index contributed by atoms with van der Waals surface area (Å²) in [4.78, 5) is 4.00. The van der Waals surface area contributed by atoms with Gasteiger partial charge in [-0.15, -0.1) is 0 Å². The molecule has 0 aliphatic rings. The van der Waals surface area contributed by atoms with E-state index in [1.54, 1.807) is 12.3 Å². The fraction of sp³-hybridized carbons (Fsp3) is 0. The third kappa shape index (κ3) is 1.54. The van der Waals surface area contributed by atoms with Gasteiger partial charge in [0.1, 0.15) is 5.15 Å². The first kappa shape index (κ1) is 9.25.